The lowest BCUT2D eigenvalue weighted by molar-refractivity contribution is -0.164. The quantitative estimate of drug-likeness (QED) is 0.131. The highest BCUT2D eigenvalue weighted by atomic mass is 16.5. The van der Waals surface area contributed by atoms with Crippen molar-refractivity contribution in [2.24, 2.45) is 84.9 Å². The van der Waals surface area contributed by atoms with Crippen molar-refractivity contribution in [3.63, 3.8) is 0 Å². The predicted octanol–water partition coefficient (Wildman–Crippen LogP) is 14.2. The highest BCUT2D eigenvalue weighted by Gasteiger charge is 2.50. The summed E-state index contributed by atoms with van der Waals surface area (Å²) in [6.07, 6.45) is 9.28. The van der Waals surface area contributed by atoms with Gasteiger partial charge in [0.15, 0.2) is 11.5 Å². The molecule has 12 nitrogen and oxygen atoms in total. The predicted molar refractivity (Wildman–Crippen MR) is 286 cm³/mol. The average Bonchev–Trinajstić information content (AvgIpc) is 3.81. The molecule has 3 aliphatic rings. The molecule has 396 valence electrons. The Morgan fingerprint density at radius 3 is 1.41 bits per heavy atom. The Labute approximate surface area is 424 Å². The molecule has 0 bridgehead atoms. The Bertz CT molecular complexity index is 2020. The van der Waals surface area contributed by atoms with Crippen LogP contribution in [0.15, 0.2) is 21.1 Å². The number of nitrogens with one attached hydrogen (secondary N) is 3. The first kappa shape index (κ1) is 58.7. The molecule has 2 amide bonds. The summed E-state index contributed by atoms with van der Waals surface area (Å²) in [7, 11) is 0. The lowest BCUT2D eigenvalue weighted by atomic mass is 9.59. The molecule has 3 N–H and O–H groups in total. The van der Waals surface area contributed by atoms with E-state index in [0.717, 1.165) is 51.4 Å². The average molecular weight is 975 g/mol. The lowest BCUT2D eigenvalue weighted by Crippen LogP contribution is -2.50. The number of esters is 2. The van der Waals surface area contributed by atoms with Crippen molar-refractivity contribution in [1.82, 2.24) is 15.3 Å². The van der Waals surface area contributed by atoms with Gasteiger partial charge in [-0.25, -0.2) is 19.6 Å². The van der Waals surface area contributed by atoms with Gasteiger partial charge in [-0.05, 0) is 90.8 Å². The van der Waals surface area contributed by atoms with Gasteiger partial charge in [-0.2, -0.15) is 4.99 Å². The molecule has 0 aromatic carbocycles. The van der Waals surface area contributed by atoms with Crippen molar-refractivity contribution in [3.8, 4) is 0 Å². The third-order valence-electron chi connectivity index (χ3n) is 16.0. The molecule has 2 fully saturated rings. The van der Waals surface area contributed by atoms with E-state index < -0.39 is 18.0 Å². The zero-order chi connectivity index (χ0) is 52.8. The van der Waals surface area contributed by atoms with E-state index in [1.807, 2.05) is 27.7 Å². The lowest BCUT2D eigenvalue weighted by Gasteiger charge is -2.50. The second-order valence-electron chi connectivity index (χ2n) is 26.4. The van der Waals surface area contributed by atoms with Crippen LogP contribution in [-0.4, -0.2) is 57.6 Å². The number of amidine groups is 2. The van der Waals surface area contributed by atoms with Crippen molar-refractivity contribution in [2.45, 2.75) is 228 Å². The number of unbranched alkanes of at least 4 members (excludes halogenated alkanes) is 2. The van der Waals surface area contributed by atoms with Gasteiger partial charge in [-0.1, -0.05) is 164 Å². The molecule has 1 aromatic rings. The number of H-pyrrole nitrogens is 1. The largest absolute Gasteiger partial charge is 0.458 e. The van der Waals surface area contributed by atoms with Gasteiger partial charge < -0.3 is 25.1 Å². The summed E-state index contributed by atoms with van der Waals surface area (Å²) in [5.74, 6) is -0.822. The summed E-state index contributed by atoms with van der Waals surface area (Å²) < 4.78 is 13.5. The highest BCUT2D eigenvalue weighted by Crippen LogP contribution is 2.51. The van der Waals surface area contributed by atoms with Crippen molar-refractivity contribution in [1.29, 1.82) is 0 Å². The molecule has 70 heavy (non-hydrogen) atoms. The van der Waals surface area contributed by atoms with Crippen LogP contribution in [0, 0.1) is 74.9 Å². The molecule has 12 heteroatoms. The minimum absolute atomic E-state index is 0.00861. The van der Waals surface area contributed by atoms with Gasteiger partial charge >= 0.3 is 11.9 Å². The van der Waals surface area contributed by atoms with Crippen LogP contribution < -0.4 is 10.6 Å². The Morgan fingerprint density at radius 1 is 0.643 bits per heavy atom. The maximum Gasteiger partial charge on any atom is 0.361 e. The molecule has 2 aliphatic carbocycles. The monoisotopic (exact) mass is 975 g/mol. The zero-order valence-electron chi connectivity index (χ0n) is 47.6. The number of anilines is 1. The summed E-state index contributed by atoms with van der Waals surface area (Å²) in [4.78, 5) is 76.1. The maximum atomic E-state index is 15.2. The molecular formula is C58H98N6O6. The van der Waals surface area contributed by atoms with Gasteiger partial charge in [-0.3, -0.25) is 9.59 Å². The fraction of sp³-hybridized carbons (Fsp3) is 0.810. The van der Waals surface area contributed by atoms with Crippen molar-refractivity contribution in [3.05, 3.63) is 16.8 Å². The van der Waals surface area contributed by atoms with Crippen LogP contribution in [0.4, 0.5) is 11.8 Å². The third-order valence-corrected chi connectivity index (χ3v) is 16.0. The van der Waals surface area contributed by atoms with Crippen molar-refractivity contribution >= 4 is 47.2 Å². The standard InChI is InChI=1S/C58H98N6O6/c1-21-25-27-36(23-3)50(65)61-48-43(52(67)69-45-38(55(9,10)11)29-34(7)30-39(45)56(12,13)14)42(33(5)6)47(60-48)63-54-59-44(49(64-54)62-51(66)37(24-4)28-26-22-2)53(68)70-46-40(57(15,16)17)31-35(8)32-41(46)58(18,19)20/h33-41,45-46H,21-32H2,1-20H3,(H3,59,60,61,62,63,64,65,66). The van der Waals surface area contributed by atoms with Crippen LogP contribution in [0.1, 0.15) is 226 Å². The molecule has 6 atom stereocenters. The van der Waals surface area contributed by atoms with Crippen LogP contribution in [0.2, 0.25) is 0 Å². The first-order valence-corrected chi connectivity index (χ1v) is 27.4. The van der Waals surface area contributed by atoms with Gasteiger partial charge in [0.25, 0.3) is 0 Å². The first-order chi connectivity index (χ1) is 32.4. The number of aromatic amines is 1. The van der Waals surface area contributed by atoms with Crippen LogP contribution in [0.3, 0.4) is 0 Å². The van der Waals surface area contributed by atoms with Gasteiger partial charge in [0, 0.05) is 41.1 Å². The highest BCUT2D eigenvalue weighted by molar-refractivity contribution is 6.33. The second-order valence-corrected chi connectivity index (χ2v) is 26.4. The van der Waals surface area contributed by atoms with Crippen LogP contribution in [0.5, 0.6) is 0 Å². The summed E-state index contributed by atoms with van der Waals surface area (Å²) >= 11 is 0. The van der Waals surface area contributed by atoms with E-state index in [-0.39, 0.29) is 116 Å². The van der Waals surface area contributed by atoms with E-state index in [2.05, 4.69) is 126 Å². The number of carbonyl (C=O) groups excluding carboxylic acids is 4. The van der Waals surface area contributed by atoms with Crippen molar-refractivity contribution < 1.29 is 28.7 Å². The van der Waals surface area contributed by atoms with Crippen LogP contribution >= 0.6 is 0 Å². The van der Waals surface area contributed by atoms with Crippen LogP contribution in [-0.2, 0) is 23.9 Å². The molecule has 0 spiro atoms. The SMILES string of the molecule is CCCCC(CC)C(=O)NC1=N/C(=N\c2nc(C(=O)OC3C(C(C)(C)C)CC(C)CC3C(C)(C)C)c(NC(=O)C(CC)CCCC)[nH]2)C(C(C)C)=C1C(=O)OC1C(C(C)(C)C)CC(C)CC1C(C)(C)C. The number of ether oxygens (including phenoxy) is 2. The number of hydrogen-bond donors (Lipinski definition) is 3. The summed E-state index contributed by atoms with van der Waals surface area (Å²) in [6, 6.07) is 0. The van der Waals surface area contributed by atoms with E-state index in [9.17, 15) is 14.4 Å². The zero-order valence-corrected chi connectivity index (χ0v) is 47.6. The molecule has 4 rings (SSSR count). The maximum absolute atomic E-state index is 15.2. The third kappa shape index (κ3) is 14.7. The number of amides is 2. The summed E-state index contributed by atoms with van der Waals surface area (Å²) in [5.41, 5.74) is 0.0274. The van der Waals surface area contributed by atoms with Crippen LogP contribution in [0.25, 0.3) is 0 Å². The van der Waals surface area contributed by atoms with Gasteiger partial charge in [-0.15, -0.1) is 0 Å². The first-order valence-electron chi connectivity index (χ1n) is 27.4. The number of nitrogens with zero attached hydrogens (tertiary/aromatic N) is 3. The van der Waals surface area contributed by atoms with E-state index >= 15 is 4.79 Å². The normalized spacial score (nSPS) is 26.2. The molecule has 0 radical (unpaired) electrons. The van der Waals surface area contributed by atoms with Gasteiger partial charge in [0.2, 0.25) is 17.8 Å². The molecule has 1 aromatic heterocycles. The topological polar surface area (TPSA) is 164 Å². The Morgan fingerprint density at radius 2 is 1.04 bits per heavy atom. The Kier molecular flexibility index (Phi) is 20.0. The molecule has 2 saturated carbocycles. The number of hydrogen-bond acceptors (Lipinski definition) is 8. The number of aromatic nitrogens is 2. The minimum Gasteiger partial charge on any atom is -0.458 e. The minimum atomic E-state index is -0.643. The van der Waals surface area contributed by atoms with Gasteiger partial charge in [0.1, 0.15) is 29.4 Å². The van der Waals surface area contributed by atoms with E-state index in [1.54, 1.807) is 0 Å². The summed E-state index contributed by atoms with van der Waals surface area (Å²) in [6.45, 7) is 43.3. The fourth-order valence-corrected chi connectivity index (χ4v) is 11.6. The molecular weight excluding hydrogens is 877 g/mol. The Balaban J connectivity index is 1.94. The van der Waals surface area contributed by atoms with Gasteiger partial charge in [0.05, 0.1) is 0 Å². The smallest absolute Gasteiger partial charge is 0.361 e. The fourth-order valence-electron chi connectivity index (χ4n) is 11.6. The number of aliphatic imine (C=N–C) groups is 2. The van der Waals surface area contributed by atoms with E-state index in [0.29, 0.717) is 43.1 Å². The number of rotatable bonds is 17. The van der Waals surface area contributed by atoms with E-state index in [4.69, 9.17) is 24.4 Å². The number of carbonyl (C=O) groups is 4. The molecule has 0 saturated heterocycles. The number of imidazole rings is 1. The second kappa shape index (κ2) is 23.8. The molecule has 1 aliphatic heterocycles. The van der Waals surface area contributed by atoms with E-state index in [1.165, 1.54) is 0 Å². The molecule has 6 unspecified atom stereocenters. The Hall–Kier alpha value is -3.83. The molecule has 2 heterocycles. The van der Waals surface area contributed by atoms with Crippen molar-refractivity contribution in [2.75, 3.05) is 5.32 Å². The summed E-state index contributed by atoms with van der Waals surface area (Å²) in [5, 5.41) is 6.12.